The van der Waals surface area contributed by atoms with Gasteiger partial charge in [-0.05, 0) is 24.1 Å². The maximum Gasteiger partial charge on any atom is 0.123 e. The standard InChI is InChI=1S/C12H17NO2/c1-8-4-10-5-9(11(6-13)7-14)2-3-12(10)15-8/h2-3,5,8,11,14H,4,6-7,13H2,1H3. The lowest BCUT2D eigenvalue weighted by Gasteiger charge is -2.12. The van der Waals surface area contributed by atoms with Crippen LogP contribution in [0.1, 0.15) is 24.0 Å². The minimum Gasteiger partial charge on any atom is -0.490 e. The number of hydrogen-bond acceptors (Lipinski definition) is 3. The minimum atomic E-state index is 0.0474. The molecule has 2 atom stereocenters. The topological polar surface area (TPSA) is 55.5 Å². The van der Waals surface area contributed by atoms with Crippen LogP contribution in [0, 0.1) is 0 Å². The fourth-order valence-corrected chi connectivity index (χ4v) is 2.01. The first-order valence-electron chi connectivity index (χ1n) is 5.35. The van der Waals surface area contributed by atoms with E-state index < -0.39 is 0 Å². The average molecular weight is 207 g/mol. The Hall–Kier alpha value is -1.06. The second-order valence-corrected chi connectivity index (χ2v) is 4.11. The zero-order valence-electron chi connectivity index (χ0n) is 8.94. The lowest BCUT2D eigenvalue weighted by molar-refractivity contribution is 0.254. The van der Waals surface area contributed by atoms with Gasteiger partial charge in [-0.15, -0.1) is 0 Å². The second kappa shape index (κ2) is 4.21. The van der Waals surface area contributed by atoms with E-state index in [2.05, 4.69) is 13.0 Å². The summed E-state index contributed by atoms with van der Waals surface area (Å²) < 4.78 is 5.62. The van der Waals surface area contributed by atoms with Gasteiger partial charge in [0.25, 0.3) is 0 Å². The summed E-state index contributed by atoms with van der Waals surface area (Å²) in [5.74, 6) is 1.02. The number of hydrogen-bond donors (Lipinski definition) is 2. The maximum absolute atomic E-state index is 9.17. The maximum atomic E-state index is 9.17. The molecule has 1 heterocycles. The fourth-order valence-electron chi connectivity index (χ4n) is 2.01. The van der Waals surface area contributed by atoms with Gasteiger partial charge in [0.1, 0.15) is 11.9 Å². The lowest BCUT2D eigenvalue weighted by Crippen LogP contribution is -2.16. The van der Waals surface area contributed by atoms with Gasteiger partial charge in [0, 0.05) is 18.9 Å². The average Bonchev–Trinajstić information content (AvgIpc) is 2.59. The predicted octanol–water partition coefficient (Wildman–Crippen LogP) is 1.04. The molecule has 3 nitrogen and oxygen atoms in total. The summed E-state index contributed by atoms with van der Waals surface area (Å²) in [6, 6.07) is 6.07. The highest BCUT2D eigenvalue weighted by atomic mass is 16.5. The first-order valence-corrected chi connectivity index (χ1v) is 5.35. The van der Waals surface area contributed by atoms with E-state index in [1.165, 1.54) is 5.56 Å². The molecule has 0 saturated carbocycles. The Morgan fingerprint density at radius 3 is 3.07 bits per heavy atom. The van der Waals surface area contributed by atoms with E-state index in [4.69, 9.17) is 15.6 Å². The molecule has 82 valence electrons. The zero-order valence-corrected chi connectivity index (χ0v) is 8.94. The summed E-state index contributed by atoms with van der Waals surface area (Å²) in [5.41, 5.74) is 7.93. The summed E-state index contributed by atoms with van der Waals surface area (Å²) in [6.45, 7) is 2.64. The Morgan fingerprint density at radius 1 is 1.60 bits per heavy atom. The van der Waals surface area contributed by atoms with Crippen molar-refractivity contribution in [2.45, 2.75) is 25.4 Å². The van der Waals surface area contributed by atoms with E-state index in [1.54, 1.807) is 0 Å². The van der Waals surface area contributed by atoms with Crippen molar-refractivity contribution in [3.8, 4) is 5.75 Å². The molecule has 0 aromatic heterocycles. The van der Waals surface area contributed by atoms with E-state index in [1.807, 2.05) is 12.1 Å². The molecule has 0 amide bonds. The van der Waals surface area contributed by atoms with Crippen molar-refractivity contribution in [3.63, 3.8) is 0 Å². The van der Waals surface area contributed by atoms with Crippen LogP contribution in [0.15, 0.2) is 18.2 Å². The van der Waals surface area contributed by atoms with Crippen molar-refractivity contribution in [2.24, 2.45) is 5.73 Å². The van der Waals surface area contributed by atoms with Crippen molar-refractivity contribution in [1.82, 2.24) is 0 Å². The van der Waals surface area contributed by atoms with E-state index in [0.29, 0.717) is 6.54 Å². The smallest absolute Gasteiger partial charge is 0.123 e. The molecule has 1 aromatic rings. The molecule has 2 rings (SSSR count). The molecule has 1 aromatic carbocycles. The summed E-state index contributed by atoms with van der Waals surface area (Å²) >= 11 is 0. The molecule has 2 unspecified atom stereocenters. The van der Waals surface area contributed by atoms with Gasteiger partial charge in [0.15, 0.2) is 0 Å². The van der Waals surface area contributed by atoms with Crippen molar-refractivity contribution in [2.75, 3.05) is 13.2 Å². The molecule has 15 heavy (non-hydrogen) atoms. The van der Waals surface area contributed by atoms with E-state index in [0.717, 1.165) is 17.7 Å². The molecule has 3 heteroatoms. The summed E-state index contributed by atoms with van der Waals surface area (Å²) in [5, 5.41) is 9.17. The van der Waals surface area contributed by atoms with Gasteiger partial charge in [0.2, 0.25) is 0 Å². The molecule has 3 N–H and O–H groups in total. The van der Waals surface area contributed by atoms with Crippen LogP contribution in [0.5, 0.6) is 5.75 Å². The molecule has 0 radical (unpaired) electrons. The fraction of sp³-hybridized carbons (Fsp3) is 0.500. The van der Waals surface area contributed by atoms with E-state index in [9.17, 15) is 0 Å². The summed E-state index contributed by atoms with van der Waals surface area (Å²) in [4.78, 5) is 0. The molecule has 0 bridgehead atoms. The molecule has 0 aliphatic carbocycles. The van der Waals surface area contributed by atoms with Crippen molar-refractivity contribution in [3.05, 3.63) is 29.3 Å². The van der Waals surface area contributed by atoms with Gasteiger partial charge in [0.05, 0.1) is 6.61 Å². The van der Waals surface area contributed by atoms with Crippen LogP contribution < -0.4 is 10.5 Å². The Morgan fingerprint density at radius 2 is 2.40 bits per heavy atom. The molecule has 0 spiro atoms. The Kier molecular flexibility index (Phi) is 2.93. The SMILES string of the molecule is CC1Cc2cc(C(CN)CO)ccc2O1. The Labute approximate surface area is 89.9 Å². The number of aliphatic hydroxyl groups is 1. The number of ether oxygens (including phenoxy) is 1. The minimum absolute atomic E-state index is 0.0474. The van der Waals surface area contributed by atoms with Crippen LogP contribution in [0.2, 0.25) is 0 Å². The normalized spacial score (nSPS) is 20.9. The van der Waals surface area contributed by atoms with Gasteiger partial charge >= 0.3 is 0 Å². The van der Waals surface area contributed by atoms with Gasteiger partial charge < -0.3 is 15.6 Å². The predicted molar refractivity (Wildman–Crippen MR) is 59.1 cm³/mol. The monoisotopic (exact) mass is 207 g/mol. The Balaban J connectivity index is 2.26. The van der Waals surface area contributed by atoms with Crippen LogP contribution in [-0.4, -0.2) is 24.4 Å². The van der Waals surface area contributed by atoms with E-state index >= 15 is 0 Å². The number of rotatable bonds is 3. The lowest BCUT2D eigenvalue weighted by atomic mass is 9.97. The van der Waals surface area contributed by atoms with Crippen LogP contribution in [-0.2, 0) is 6.42 Å². The third-order valence-corrected chi connectivity index (χ3v) is 2.90. The molecule has 1 aliphatic rings. The zero-order chi connectivity index (χ0) is 10.8. The van der Waals surface area contributed by atoms with Gasteiger partial charge in [-0.25, -0.2) is 0 Å². The van der Waals surface area contributed by atoms with Gasteiger partial charge in [-0.2, -0.15) is 0 Å². The molecule has 0 saturated heterocycles. The number of nitrogens with two attached hydrogens (primary N) is 1. The largest absolute Gasteiger partial charge is 0.490 e. The van der Waals surface area contributed by atoms with Crippen molar-refractivity contribution >= 4 is 0 Å². The molecular formula is C12H17NO2. The number of benzene rings is 1. The third-order valence-electron chi connectivity index (χ3n) is 2.90. The first kappa shape index (κ1) is 10.5. The molecular weight excluding hydrogens is 190 g/mol. The molecule has 0 fully saturated rings. The molecule has 1 aliphatic heterocycles. The first-order chi connectivity index (χ1) is 7.24. The van der Waals surface area contributed by atoms with Crippen molar-refractivity contribution < 1.29 is 9.84 Å². The van der Waals surface area contributed by atoms with Gasteiger partial charge in [-0.3, -0.25) is 0 Å². The quantitative estimate of drug-likeness (QED) is 0.778. The van der Waals surface area contributed by atoms with Crippen molar-refractivity contribution in [1.29, 1.82) is 0 Å². The highest BCUT2D eigenvalue weighted by Gasteiger charge is 2.20. The number of aliphatic hydroxyl groups excluding tert-OH is 1. The van der Waals surface area contributed by atoms with Crippen LogP contribution in [0.4, 0.5) is 0 Å². The van der Waals surface area contributed by atoms with Crippen LogP contribution in [0.25, 0.3) is 0 Å². The highest BCUT2D eigenvalue weighted by Crippen LogP contribution is 2.31. The second-order valence-electron chi connectivity index (χ2n) is 4.11. The Bertz CT molecular complexity index is 347. The van der Waals surface area contributed by atoms with E-state index in [-0.39, 0.29) is 18.6 Å². The van der Waals surface area contributed by atoms with Crippen LogP contribution >= 0.6 is 0 Å². The highest BCUT2D eigenvalue weighted by molar-refractivity contribution is 5.41. The number of fused-ring (bicyclic) bond motifs is 1. The summed E-state index contributed by atoms with van der Waals surface area (Å²) in [6.07, 6.45) is 1.21. The summed E-state index contributed by atoms with van der Waals surface area (Å²) in [7, 11) is 0. The third kappa shape index (κ3) is 1.98. The van der Waals surface area contributed by atoms with Gasteiger partial charge in [-0.1, -0.05) is 12.1 Å². The van der Waals surface area contributed by atoms with Crippen LogP contribution in [0.3, 0.4) is 0 Å².